The van der Waals surface area contributed by atoms with Gasteiger partial charge < -0.3 is 5.32 Å². The number of thioether (sulfide) groups is 1. The zero-order valence-electron chi connectivity index (χ0n) is 8.92. The molecular formula is C11H18N2S. The van der Waals surface area contributed by atoms with Gasteiger partial charge in [0.05, 0.1) is 5.03 Å². The zero-order chi connectivity index (χ0) is 10.2. The third kappa shape index (κ3) is 4.01. The standard InChI is InChI=1S/C11H18N2S/c1-3-5-9-14-11-8-6-7-10(13-11)12-4-2/h6-8H,3-5,9H2,1-2H3,(H,12,13). The Labute approximate surface area is 90.5 Å². The quantitative estimate of drug-likeness (QED) is 0.575. The van der Waals surface area contributed by atoms with E-state index in [0.717, 1.165) is 17.4 Å². The van der Waals surface area contributed by atoms with Crippen LogP contribution in [0.5, 0.6) is 0 Å². The largest absolute Gasteiger partial charge is 0.370 e. The molecule has 0 spiro atoms. The van der Waals surface area contributed by atoms with Gasteiger partial charge in [0.1, 0.15) is 5.82 Å². The monoisotopic (exact) mass is 210 g/mol. The van der Waals surface area contributed by atoms with Gasteiger partial charge >= 0.3 is 0 Å². The van der Waals surface area contributed by atoms with Gasteiger partial charge in [0.25, 0.3) is 0 Å². The first kappa shape index (κ1) is 11.4. The molecule has 1 rings (SSSR count). The molecule has 3 heteroatoms. The molecule has 0 unspecified atom stereocenters. The van der Waals surface area contributed by atoms with Crippen LogP contribution in [0.25, 0.3) is 0 Å². The van der Waals surface area contributed by atoms with Crippen LogP contribution in [-0.4, -0.2) is 17.3 Å². The van der Waals surface area contributed by atoms with Gasteiger partial charge in [0.2, 0.25) is 0 Å². The van der Waals surface area contributed by atoms with E-state index in [4.69, 9.17) is 0 Å². The first-order chi connectivity index (χ1) is 6.86. The first-order valence-corrected chi connectivity index (χ1v) is 6.19. The lowest BCUT2D eigenvalue weighted by atomic mass is 10.4. The number of hydrogen-bond donors (Lipinski definition) is 1. The number of aromatic nitrogens is 1. The van der Waals surface area contributed by atoms with Gasteiger partial charge in [0.15, 0.2) is 0 Å². The molecule has 0 atom stereocenters. The highest BCUT2D eigenvalue weighted by atomic mass is 32.2. The molecule has 0 saturated heterocycles. The van der Waals surface area contributed by atoms with E-state index in [9.17, 15) is 0 Å². The van der Waals surface area contributed by atoms with Gasteiger partial charge in [-0.05, 0) is 31.2 Å². The average molecular weight is 210 g/mol. The van der Waals surface area contributed by atoms with Crippen molar-refractivity contribution in [3.63, 3.8) is 0 Å². The summed E-state index contributed by atoms with van der Waals surface area (Å²) >= 11 is 1.83. The Bertz CT molecular complexity index is 263. The van der Waals surface area contributed by atoms with Crippen LogP contribution >= 0.6 is 11.8 Å². The fraction of sp³-hybridized carbons (Fsp3) is 0.545. The fourth-order valence-electron chi connectivity index (χ4n) is 1.10. The number of unbranched alkanes of at least 4 members (excludes halogenated alkanes) is 1. The number of hydrogen-bond acceptors (Lipinski definition) is 3. The highest BCUT2D eigenvalue weighted by Crippen LogP contribution is 2.18. The molecule has 0 bridgehead atoms. The molecule has 0 fully saturated rings. The van der Waals surface area contributed by atoms with Crippen LogP contribution in [0, 0.1) is 0 Å². The Kier molecular flexibility index (Phi) is 5.45. The van der Waals surface area contributed by atoms with E-state index in [1.54, 1.807) is 0 Å². The summed E-state index contributed by atoms with van der Waals surface area (Å²) in [7, 11) is 0. The molecule has 0 aromatic carbocycles. The lowest BCUT2D eigenvalue weighted by molar-refractivity contribution is 0.894. The van der Waals surface area contributed by atoms with Gasteiger partial charge in [0, 0.05) is 6.54 Å². The summed E-state index contributed by atoms with van der Waals surface area (Å²) < 4.78 is 0. The second-order valence-corrected chi connectivity index (χ2v) is 4.21. The molecule has 0 saturated carbocycles. The number of anilines is 1. The molecule has 1 heterocycles. The van der Waals surface area contributed by atoms with E-state index in [2.05, 4.69) is 36.3 Å². The van der Waals surface area contributed by atoms with Crippen LogP contribution in [0.2, 0.25) is 0 Å². The average Bonchev–Trinajstić information content (AvgIpc) is 2.19. The van der Waals surface area contributed by atoms with Crippen LogP contribution in [0.4, 0.5) is 5.82 Å². The van der Waals surface area contributed by atoms with E-state index in [0.29, 0.717) is 0 Å². The molecule has 14 heavy (non-hydrogen) atoms. The van der Waals surface area contributed by atoms with Crippen LogP contribution in [0.15, 0.2) is 23.2 Å². The summed E-state index contributed by atoms with van der Waals surface area (Å²) in [6.45, 7) is 5.22. The molecule has 0 amide bonds. The van der Waals surface area contributed by atoms with Crippen LogP contribution < -0.4 is 5.32 Å². The normalized spacial score (nSPS) is 10.1. The number of pyridine rings is 1. The van der Waals surface area contributed by atoms with Crippen LogP contribution in [0.1, 0.15) is 26.7 Å². The van der Waals surface area contributed by atoms with Gasteiger partial charge in [-0.1, -0.05) is 19.4 Å². The third-order valence-electron chi connectivity index (χ3n) is 1.83. The lowest BCUT2D eigenvalue weighted by Crippen LogP contribution is -1.99. The Morgan fingerprint density at radius 3 is 2.93 bits per heavy atom. The van der Waals surface area contributed by atoms with Gasteiger partial charge in [-0.3, -0.25) is 0 Å². The Morgan fingerprint density at radius 1 is 1.36 bits per heavy atom. The van der Waals surface area contributed by atoms with Crippen molar-refractivity contribution < 1.29 is 0 Å². The maximum absolute atomic E-state index is 4.49. The van der Waals surface area contributed by atoms with E-state index < -0.39 is 0 Å². The maximum atomic E-state index is 4.49. The molecule has 0 aliphatic heterocycles. The molecule has 1 aromatic rings. The minimum Gasteiger partial charge on any atom is -0.370 e. The number of rotatable bonds is 6. The first-order valence-electron chi connectivity index (χ1n) is 5.20. The van der Waals surface area contributed by atoms with E-state index in [1.165, 1.54) is 18.6 Å². The van der Waals surface area contributed by atoms with Crippen LogP contribution in [0.3, 0.4) is 0 Å². The summed E-state index contributed by atoms with van der Waals surface area (Å²) in [6.07, 6.45) is 2.51. The van der Waals surface area contributed by atoms with Crippen molar-refractivity contribution in [3.05, 3.63) is 18.2 Å². The molecule has 78 valence electrons. The highest BCUT2D eigenvalue weighted by molar-refractivity contribution is 7.99. The van der Waals surface area contributed by atoms with E-state index in [-0.39, 0.29) is 0 Å². The van der Waals surface area contributed by atoms with Crippen LogP contribution in [-0.2, 0) is 0 Å². The van der Waals surface area contributed by atoms with Crippen molar-refractivity contribution in [2.24, 2.45) is 0 Å². The zero-order valence-corrected chi connectivity index (χ0v) is 9.73. The Balaban J connectivity index is 2.46. The molecule has 0 aliphatic rings. The Morgan fingerprint density at radius 2 is 2.21 bits per heavy atom. The molecular weight excluding hydrogens is 192 g/mol. The Hall–Kier alpha value is -0.700. The highest BCUT2D eigenvalue weighted by Gasteiger charge is 1.96. The van der Waals surface area contributed by atoms with E-state index >= 15 is 0 Å². The predicted molar refractivity (Wildman–Crippen MR) is 64.0 cm³/mol. The smallest absolute Gasteiger partial charge is 0.127 e. The third-order valence-corrected chi connectivity index (χ3v) is 2.85. The summed E-state index contributed by atoms with van der Waals surface area (Å²) in [5.41, 5.74) is 0. The summed E-state index contributed by atoms with van der Waals surface area (Å²) in [5.74, 6) is 2.15. The van der Waals surface area contributed by atoms with Gasteiger partial charge in [-0.15, -0.1) is 11.8 Å². The minimum atomic E-state index is 0.927. The number of nitrogens with one attached hydrogen (secondary N) is 1. The van der Waals surface area contributed by atoms with Crippen molar-refractivity contribution in [1.82, 2.24) is 4.98 Å². The van der Waals surface area contributed by atoms with Crippen molar-refractivity contribution in [1.29, 1.82) is 0 Å². The minimum absolute atomic E-state index is 0.927. The second kappa shape index (κ2) is 6.71. The summed E-state index contributed by atoms with van der Waals surface area (Å²) in [6, 6.07) is 6.13. The SMILES string of the molecule is CCCCSc1cccc(NCC)n1. The van der Waals surface area contributed by atoms with E-state index in [1.807, 2.05) is 17.8 Å². The molecule has 0 radical (unpaired) electrons. The molecule has 1 aromatic heterocycles. The van der Waals surface area contributed by atoms with Crippen molar-refractivity contribution in [3.8, 4) is 0 Å². The van der Waals surface area contributed by atoms with Gasteiger partial charge in [-0.2, -0.15) is 0 Å². The maximum Gasteiger partial charge on any atom is 0.127 e. The number of nitrogens with zero attached hydrogens (tertiary/aromatic N) is 1. The summed E-state index contributed by atoms with van der Waals surface area (Å²) in [4.78, 5) is 4.49. The second-order valence-electron chi connectivity index (χ2n) is 3.09. The molecule has 0 aliphatic carbocycles. The lowest BCUT2D eigenvalue weighted by Gasteiger charge is -2.04. The van der Waals surface area contributed by atoms with Crippen molar-refractivity contribution in [2.45, 2.75) is 31.7 Å². The topological polar surface area (TPSA) is 24.9 Å². The fourth-order valence-corrected chi connectivity index (χ4v) is 2.08. The van der Waals surface area contributed by atoms with Gasteiger partial charge in [-0.25, -0.2) is 4.98 Å². The molecule has 2 nitrogen and oxygen atoms in total. The van der Waals surface area contributed by atoms with Crippen molar-refractivity contribution >= 4 is 17.6 Å². The van der Waals surface area contributed by atoms with Crippen molar-refractivity contribution in [2.75, 3.05) is 17.6 Å². The predicted octanol–water partition coefficient (Wildman–Crippen LogP) is 3.41. The summed E-state index contributed by atoms with van der Waals surface area (Å²) in [5, 5.41) is 4.34. The molecule has 1 N–H and O–H groups in total.